The Hall–Kier alpha value is -0.810. The molecule has 2 aromatic rings. The zero-order valence-corrected chi connectivity index (χ0v) is 10.1. The minimum atomic E-state index is -0.521. The smallest absolute Gasteiger partial charge is 0.117 e. The quantitative estimate of drug-likeness (QED) is 0.866. The first-order valence-electron chi connectivity index (χ1n) is 4.92. The molecule has 0 saturated heterocycles. The Morgan fingerprint density at radius 1 is 1.44 bits per heavy atom. The minimum absolute atomic E-state index is 0.484. The molecule has 0 aromatic carbocycles. The first-order chi connectivity index (χ1) is 7.75. The van der Waals surface area contributed by atoms with Crippen LogP contribution in [0.3, 0.4) is 0 Å². The molecule has 0 fully saturated rings. The van der Waals surface area contributed by atoms with E-state index in [1.165, 1.54) is 11.3 Å². The van der Waals surface area contributed by atoms with Gasteiger partial charge in [0.15, 0.2) is 0 Å². The van der Waals surface area contributed by atoms with E-state index in [2.05, 4.69) is 5.32 Å². The van der Waals surface area contributed by atoms with E-state index in [0.717, 1.165) is 10.6 Å². The average Bonchev–Trinajstić information content (AvgIpc) is 2.89. The summed E-state index contributed by atoms with van der Waals surface area (Å²) < 4.78 is 5.86. The maximum atomic E-state index is 9.82. The van der Waals surface area contributed by atoms with Crippen molar-refractivity contribution in [3.8, 4) is 0 Å². The molecule has 1 unspecified atom stereocenters. The van der Waals surface area contributed by atoms with Crippen LogP contribution in [0.5, 0.6) is 0 Å². The van der Waals surface area contributed by atoms with E-state index >= 15 is 0 Å². The van der Waals surface area contributed by atoms with Crippen molar-refractivity contribution in [2.75, 3.05) is 6.54 Å². The summed E-state index contributed by atoms with van der Waals surface area (Å²) in [5.74, 6) is 0.858. The Bertz CT molecular complexity index is 427. The van der Waals surface area contributed by atoms with Crippen molar-refractivity contribution in [1.82, 2.24) is 5.32 Å². The van der Waals surface area contributed by atoms with Gasteiger partial charge < -0.3 is 14.8 Å². The molecule has 86 valence electrons. The van der Waals surface area contributed by atoms with Crippen molar-refractivity contribution in [2.24, 2.45) is 0 Å². The van der Waals surface area contributed by atoms with E-state index in [9.17, 15) is 5.11 Å². The lowest BCUT2D eigenvalue weighted by Gasteiger charge is -2.08. The van der Waals surface area contributed by atoms with Crippen LogP contribution in [0.2, 0.25) is 4.34 Å². The predicted octanol–water partition coefficient (Wildman–Crippen LogP) is 2.82. The zero-order valence-electron chi connectivity index (χ0n) is 8.52. The summed E-state index contributed by atoms with van der Waals surface area (Å²) in [6, 6.07) is 7.36. The van der Waals surface area contributed by atoms with Gasteiger partial charge in [-0.05, 0) is 24.3 Å². The Morgan fingerprint density at radius 2 is 2.31 bits per heavy atom. The molecule has 0 aliphatic carbocycles. The highest BCUT2D eigenvalue weighted by atomic mass is 35.5. The third-order valence-electron chi connectivity index (χ3n) is 2.14. The van der Waals surface area contributed by atoms with Gasteiger partial charge in [0.2, 0.25) is 0 Å². The zero-order chi connectivity index (χ0) is 11.4. The van der Waals surface area contributed by atoms with Gasteiger partial charge in [0.1, 0.15) is 11.9 Å². The molecule has 0 radical (unpaired) electrons. The molecule has 5 heteroatoms. The highest BCUT2D eigenvalue weighted by Gasteiger charge is 2.09. The topological polar surface area (TPSA) is 45.4 Å². The van der Waals surface area contributed by atoms with Crippen LogP contribution in [0.4, 0.5) is 0 Å². The highest BCUT2D eigenvalue weighted by Crippen LogP contribution is 2.26. The maximum Gasteiger partial charge on any atom is 0.117 e. The molecule has 0 spiro atoms. The number of halogens is 1. The number of aliphatic hydroxyl groups excluding tert-OH is 1. The summed E-state index contributed by atoms with van der Waals surface area (Å²) in [4.78, 5) is 0.872. The lowest BCUT2D eigenvalue weighted by molar-refractivity contribution is 0.177. The number of hydrogen-bond acceptors (Lipinski definition) is 4. The lowest BCUT2D eigenvalue weighted by atomic mass is 10.3. The largest absolute Gasteiger partial charge is 0.468 e. The third kappa shape index (κ3) is 3.09. The van der Waals surface area contributed by atoms with Gasteiger partial charge in [-0.2, -0.15) is 0 Å². The molecule has 1 atom stereocenters. The van der Waals surface area contributed by atoms with Crippen LogP contribution in [-0.2, 0) is 6.54 Å². The number of thiophene rings is 1. The molecule has 2 aromatic heterocycles. The fourth-order valence-electron chi connectivity index (χ4n) is 1.35. The summed E-state index contributed by atoms with van der Waals surface area (Å²) in [5, 5.41) is 12.9. The van der Waals surface area contributed by atoms with Crippen molar-refractivity contribution in [3.05, 3.63) is 45.5 Å². The van der Waals surface area contributed by atoms with Gasteiger partial charge in [0.25, 0.3) is 0 Å². The van der Waals surface area contributed by atoms with Crippen molar-refractivity contribution in [2.45, 2.75) is 12.6 Å². The van der Waals surface area contributed by atoms with E-state index in [4.69, 9.17) is 16.0 Å². The van der Waals surface area contributed by atoms with Gasteiger partial charge in [0.05, 0.1) is 17.1 Å². The standard InChI is InChI=1S/C11H12ClNO2S/c12-11-4-3-10(16-11)9(14)7-13-6-8-2-1-5-15-8/h1-5,9,13-14H,6-7H2. The van der Waals surface area contributed by atoms with Crippen molar-refractivity contribution in [1.29, 1.82) is 0 Å². The van der Waals surface area contributed by atoms with Crippen molar-refractivity contribution < 1.29 is 9.52 Å². The fraction of sp³-hybridized carbons (Fsp3) is 0.273. The molecule has 2 heterocycles. The lowest BCUT2D eigenvalue weighted by Crippen LogP contribution is -2.20. The second-order valence-corrected chi connectivity index (χ2v) is 5.11. The summed E-state index contributed by atoms with van der Waals surface area (Å²) in [7, 11) is 0. The Morgan fingerprint density at radius 3 is 2.94 bits per heavy atom. The number of furan rings is 1. The summed E-state index contributed by atoms with van der Waals surface area (Å²) in [6.45, 7) is 1.10. The van der Waals surface area contributed by atoms with E-state index in [1.807, 2.05) is 18.2 Å². The molecule has 0 aliphatic rings. The second-order valence-electron chi connectivity index (χ2n) is 3.37. The monoisotopic (exact) mass is 257 g/mol. The summed E-state index contributed by atoms with van der Waals surface area (Å²) in [6.07, 6.45) is 1.11. The van der Waals surface area contributed by atoms with Gasteiger partial charge >= 0.3 is 0 Å². The molecule has 0 amide bonds. The predicted molar refractivity (Wildman–Crippen MR) is 64.7 cm³/mol. The molecule has 0 saturated carbocycles. The molecular formula is C11H12ClNO2S. The highest BCUT2D eigenvalue weighted by molar-refractivity contribution is 7.16. The Balaban J connectivity index is 1.78. The van der Waals surface area contributed by atoms with Crippen LogP contribution in [0.15, 0.2) is 34.9 Å². The minimum Gasteiger partial charge on any atom is -0.468 e. The summed E-state index contributed by atoms with van der Waals surface area (Å²) in [5.41, 5.74) is 0. The molecule has 0 bridgehead atoms. The maximum absolute atomic E-state index is 9.82. The van der Waals surface area contributed by atoms with Gasteiger partial charge in [-0.15, -0.1) is 11.3 Å². The van der Waals surface area contributed by atoms with E-state index in [0.29, 0.717) is 17.4 Å². The SMILES string of the molecule is OC(CNCc1ccco1)c1ccc(Cl)s1. The van der Waals surface area contributed by atoms with E-state index < -0.39 is 6.10 Å². The normalized spacial score (nSPS) is 12.9. The van der Waals surface area contributed by atoms with Crippen LogP contribution in [-0.4, -0.2) is 11.7 Å². The number of hydrogen-bond donors (Lipinski definition) is 2. The molecular weight excluding hydrogens is 246 g/mol. The molecule has 2 N–H and O–H groups in total. The van der Waals surface area contributed by atoms with Gasteiger partial charge in [0, 0.05) is 11.4 Å². The molecule has 0 aliphatic heterocycles. The number of nitrogens with one attached hydrogen (secondary N) is 1. The summed E-state index contributed by atoms with van der Waals surface area (Å²) >= 11 is 7.19. The van der Waals surface area contributed by atoms with Crippen molar-refractivity contribution >= 4 is 22.9 Å². The van der Waals surface area contributed by atoms with E-state index in [-0.39, 0.29) is 0 Å². The second kappa shape index (κ2) is 5.50. The van der Waals surface area contributed by atoms with Gasteiger partial charge in [-0.25, -0.2) is 0 Å². The van der Waals surface area contributed by atoms with Crippen LogP contribution in [0.25, 0.3) is 0 Å². The van der Waals surface area contributed by atoms with Crippen LogP contribution in [0.1, 0.15) is 16.7 Å². The third-order valence-corrected chi connectivity index (χ3v) is 3.47. The fourth-order valence-corrected chi connectivity index (χ4v) is 2.40. The first-order valence-corrected chi connectivity index (χ1v) is 6.11. The van der Waals surface area contributed by atoms with Gasteiger partial charge in [-0.1, -0.05) is 11.6 Å². The van der Waals surface area contributed by atoms with Crippen LogP contribution >= 0.6 is 22.9 Å². The van der Waals surface area contributed by atoms with E-state index in [1.54, 1.807) is 12.3 Å². The average molecular weight is 258 g/mol. The Labute approximate surface area is 103 Å². The van der Waals surface area contributed by atoms with Crippen LogP contribution in [0, 0.1) is 0 Å². The van der Waals surface area contributed by atoms with Gasteiger partial charge in [-0.3, -0.25) is 0 Å². The van der Waals surface area contributed by atoms with Crippen LogP contribution < -0.4 is 5.32 Å². The van der Waals surface area contributed by atoms with Crippen molar-refractivity contribution in [3.63, 3.8) is 0 Å². The molecule has 2 rings (SSSR count). The Kier molecular flexibility index (Phi) is 4.01. The number of aliphatic hydroxyl groups is 1. The number of rotatable bonds is 5. The molecule has 3 nitrogen and oxygen atoms in total. The molecule has 16 heavy (non-hydrogen) atoms. The first kappa shape index (κ1) is 11.7.